The van der Waals surface area contributed by atoms with Gasteiger partial charge in [-0.3, -0.25) is 19.3 Å². The topological polar surface area (TPSA) is 54.5 Å². The Bertz CT molecular complexity index is 299. The van der Waals surface area contributed by atoms with Gasteiger partial charge in [-0.05, 0) is 12.8 Å². The Morgan fingerprint density at radius 3 is 2.56 bits per heavy atom. The smallest absolute Gasteiger partial charge is 0.232 e. The van der Waals surface area contributed by atoms with Crippen molar-refractivity contribution in [3.63, 3.8) is 0 Å². The van der Waals surface area contributed by atoms with E-state index >= 15 is 0 Å². The average molecular weight is 225 g/mol. The van der Waals surface area contributed by atoms with Crippen molar-refractivity contribution in [2.45, 2.75) is 46.0 Å². The Balaban J connectivity index is 2.40. The van der Waals surface area contributed by atoms with Gasteiger partial charge in [0.15, 0.2) is 0 Å². The summed E-state index contributed by atoms with van der Waals surface area (Å²) in [5.41, 5.74) is 0. The van der Waals surface area contributed by atoms with Gasteiger partial charge >= 0.3 is 0 Å². The summed E-state index contributed by atoms with van der Waals surface area (Å²) < 4.78 is 0. The molecule has 90 valence electrons. The second kappa shape index (κ2) is 5.77. The zero-order valence-electron chi connectivity index (χ0n) is 9.99. The van der Waals surface area contributed by atoms with E-state index in [-0.39, 0.29) is 23.5 Å². The van der Waals surface area contributed by atoms with Crippen molar-refractivity contribution in [3.8, 4) is 0 Å². The summed E-state index contributed by atoms with van der Waals surface area (Å²) in [6.07, 6.45) is 2.65. The predicted octanol–water partition coefficient (Wildman–Crippen LogP) is 1.53. The molecule has 0 aliphatic carbocycles. The lowest BCUT2D eigenvalue weighted by Crippen LogP contribution is -2.31. The summed E-state index contributed by atoms with van der Waals surface area (Å²) in [6.45, 7) is 4.14. The minimum atomic E-state index is -0.130. The van der Waals surface area contributed by atoms with E-state index in [4.69, 9.17) is 0 Å². The van der Waals surface area contributed by atoms with E-state index in [0.29, 0.717) is 32.2 Å². The third kappa shape index (κ3) is 2.90. The summed E-state index contributed by atoms with van der Waals surface area (Å²) >= 11 is 0. The molecule has 0 spiro atoms. The van der Waals surface area contributed by atoms with Gasteiger partial charge in [0.05, 0.1) is 0 Å². The zero-order valence-corrected chi connectivity index (χ0v) is 9.99. The van der Waals surface area contributed by atoms with Crippen LogP contribution in [0.25, 0.3) is 0 Å². The number of amides is 2. The van der Waals surface area contributed by atoms with Crippen molar-refractivity contribution >= 4 is 17.6 Å². The van der Waals surface area contributed by atoms with Gasteiger partial charge < -0.3 is 0 Å². The molecule has 1 aliphatic rings. The molecule has 0 bridgehead atoms. The first-order chi connectivity index (χ1) is 7.60. The second-order valence-corrected chi connectivity index (χ2v) is 4.19. The third-order valence-corrected chi connectivity index (χ3v) is 3.06. The largest absolute Gasteiger partial charge is 0.300 e. The summed E-state index contributed by atoms with van der Waals surface area (Å²) in [4.78, 5) is 35.6. The van der Waals surface area contributed by atoms with Crippen LogP contribution in [-0.4, -0.2) is 29.0 Å². The van der Waals surface area contributed by atoms with Gasteiger partial charge in [0, 0.05) is 31.7 Å². The van der Waals surface area contributed by atoms with E-state index in [1.807, 2.05) is 13.8 Å². The van der Waals surface area contributed by atoms with Gasteiger partial charge in [-0.15, -0.1) is 0 Å². The van der Waals surface area contributed by atoms with Crippen LogP contribution in [0.15, 0.2) is 0 Å². The standard InChI is InChI=1S/C12H19NO3/c1-3-9-8-11(15)13(12(9)16)7-5-6-10(14)4-2/h9H,3-8H2,1-2H3. The maximum absolute atomic E-state index is 11.7. The fourth-order valence-corrected chi connectivity index (χ4v) is 1.92. The van der Waals surface area contributed by atoms with E-state index in [0.717, 1.165) is 6.42 Å². The normalized spacial score (nSPS) is 20.6. The Labute approximate surface area is 96.0 Å². The summed E-state index contributed by atoms with van der Waals surface area (Å²) in [5, 5.41) is 0. The molecule has 1 saturated heterocycles. The van der Waals surface area contributed by atoms with Crippen molar-refractivity contribution < 1.29 is 14.4 Å². The molecule has 16 heavy (non-hydrogen) atoms. The molecule has 0 radical (unpaired) electrons. The molecule has 2 amide bonds. The lowest BCUT2D eigenvalue weighted by Gasteiger charge is -2.13. The highest BCUT2D eigenvalue weighted by molar-refractivity contribution is 6.03. The van der Waals surface area contributed by atoms with E-state index < -0.39 is 0 Å². The number of imide groups is 1. The molecule has 4 nitrogen and oxygen atoms in total. The monoisotopic (exact) mass is 225 g/mol. The van der Waals surface area contributed by atoms with Crippen LogP contribution in [-0.2, 0) is 14.4 Å². The number of Topliss-reactive ketones (excluding diaryl/α,β-unsaturated/α-hetero) is 1. The van der Waals surface area contributed by atoms with Crippen molar-refractivity contribution in [1.29, 1.82) is 0 Å². The van der Waals surface area contributed by atoms with Gasteiger partial charge in [-0.2, -0.15) is 0 Å². The van der Waals surface area contributed by atoms with Crippen LogP contribution in [0, 0.1) is 5.92 Å². The first kappa shape index (κ1) is 12.9. The maximum Gasteiger partial charge on any atom is 0.232 e. The van der Waals surface area contributed by atoms with Crippen LogP contribution in [0.3, 0.4) is 0 Å². The number of nitrogens with zero attached hydrogens (tertiary/aromatic N) is 1. The highest BCUT2D eigenvalue weighted by atomic mass is 16.2. The van der Waals surface area contributed by atoms with E-state index in [1.165, 1.54) is 4.90 Å². The number of likely N-dealkylation sites (tertiary alicyclic amines) is 1. The van der Waals surface area contributed by atoms with E-state index in [9.17, 15) is 14.4 Å². The van der Waals surface area contributed by atoms with Crippen molar-refractivity contribution in [2.24, 2.45) is 5.92 Å². The molecule has 1 unspecified atom stereocenters. The molecule has 1 rings (SSSR count). The molecule has 0 N–H and O–H groups in total. The first-order valence-corrected chi connectivity index (χ1v) is 5.96. The minimum absolute atomic E-state index is 0.0588. The number of carbonyl (C=O) groups is 3. The predicted molar refractivity (Wildman–Crippen MR) is 59.7 cm³/mol. The van der Waals surface area contributed by atoms with Crippen molar-refractivity contribution in [3.05, 3.63) is 0 Å². The van der Waals surface area contributed by atoms with Crippen LogP contribution < -0.4 is 0 Å². The highest BCUT2D eigenvalue weighted by Gasteiger charge is 2.36. The molecule has 1 atom stereocenters. The number of hydrogen-bond acceptors (Lipinski definition) is 3. The number of hydrogen-bond donors (Lipinski definition) is 0. The second-order valence-electron chi connectivity index (χ2n) is 4.19. The SMILES string of the molecule is CCC(=O)CCCN1C(=O)CC(CC)C1=O. The first-order valence-electron chi connectivity index (χ1n) is 5.96. The van der Waals surface area contributed by atoms with E-state index in [1.54, 1.807) is 0 Å². The Morgan fingerprint density at radius 1 is 1.38 bits per heavy atom. The lowest BCUT2D eigenvalue weighted by atomic mass is 10.1. The highest BCUT2D eigenvalue weighted by Crippen LogP contribution is 2.22. The minimum Gasteiger partial charge on any atom is -0.300 e. The molecule has 0 saturated carbocycles. The number of rotatable bonds is 6. The van der Waals surface area contributed by atoms with Crippen molar-refractivity contribution in [1.82, 2.24) is 4.90 Å². The Kier molecular flexibility index (Phi) is 4.65. The fourth-order valence-electron chi connectivity index (χ4n) is 1.92. The molecular weight excluding hydrogens is 206 g/mol. The summed E-state index contributed by atoms with van der Waals surface area (Å²) in [7, 11) is 0. The molecule has 0 aromatic carbocycles. The van der Waals surface area contributed by atoms with Gasteiger partial charge in [-0.25, -0.2) is 0 Å². The summed E-state index contributed by atoms with van der Waals surface area (Å²) in [6, 6.07) is 0. The molecular formula is C12H19NO3. The van der Waals surface area contributed by atoms with Gasteiger partial charge in [0.1, 0.15) is 5.78 Å². The lowest BCUT2D eigenvalue weighted by molar-refractivity contribution is -0.139. The van der Waals surface area contributed by atoms with Crippen LogP contribution in [0.1, 0.15) is 46.0 Å². The zero-order chi connectivity index (χ0) is 12.1. The van der Waals surface area contributed by atoms with Crippen LogP contribution >= 0.6 is 0 Å². The number of carbonyl (C=O) groups excluding carboxylic acids is 3. The molecule has 1 aliphatic heterocycles. The quantitative estimate of drug-likeness (QED) is 0.644. The fraction of sp³-hybridized carbons (Fsp3) is 0.750. The molecule has 0 aromatic rings. The van der Waals surface area contributed by atoms with Crippen LogP contribution in [0.4, 0.5) is 0 Å². The average Bonchev–Trinajstić information content (AvgIpc) is 2.55. The Morgan fingerprint density at radius 2 is 2.06 bits per heavy atom. The maximum atomic E-state index is 11.7. The van der Waals surface area contributed by atoms with Crippen molar-refractivity contribution in [2.75, 3.05) is 6.54 Å². The van der Waals surface area contributed by atoms with Gasteiger partial charge in [0.25, 0.3) is 0 Å². The van der Waals surface area contributed by atoms with E-state index in [2.05, 4.69) is 0 Å². The van der Waals surface area contributed by atoms with Crippen LogP contribution in [0.5, 0.6) is 0 Å². The molecule has 1 heterocycles. The summed E-state index contributed by atoms with van der Waals surface area (Å²) in [5.74, 6) is -0.0854. The molecule has 0 aromatic heterocycles. The van der Waals surface area contributed by atoms with Crippen LogP contribution in [0.2, 0.25) is 0 Å². The number of ketones is 1. The van der Waals surface area contributed by atoms with Gasteiger partial charge in [0.2, 0.25) is 11.8 Å². The third-order valence-electron chi connectivity index (χ3n) is 3.06. The molecule has 1 fully saturated rings. The Hall–Kier alpha value is -1.19. The van der Waals surface area contributed by atoms with Gasteiger partial charge in [-0.1, -0.05) is 13.8 Å². The molecule has 4 heteroatoms.